The van der Waals surface area contributed by atoms with Crippen molar-refractivity contribution in [3.8, 4) is 11.1 Å². The highest BCUT2D eigenvalue weighted by Crippen LogP contribution is 2.33. The van der Waals surface area contributed by atoms with Crippen molar-refractivity contribution in [2.24, 2.45) is 0 Å². The van der Waals surface area contributed by atoms with Crippen LogP contribution in [0.15, 0.2) is 103 Å². The maximum Gasteiger partial charge on any atom is 0.258 e. The summed E-state index contributed by atoms with van der Waals surface area (Å²) in [7, 11) is 0. The van der Waals surface area contributed by atoms with Crippen LogP contribution in [0.2, 0.25) is 0 Å². The topological polar surface area (TPSA) is 72.9 Å². The van der Waals surface area contributed by atoms with Crippen LogP contribution in [-0.2, 0) is 6.54 Å². The highest BCUT2D eigenvalue weighted by Gasteiger charge is 2.37. The lowest BCUT2D eigenvalue weighted by atomic mass is 9.99. The van der Waals surface area contributed by atoms with E-state index in [-0.39, 0.29) is 24.0 Å². The zero-order valence-corrected chi connectivity index (χ0v) is 21.0. The molecule has 0 bridgehead atoms. The van der Waals surface area contributed by atoms with E-state index in [0.717, 1.165) is 28.9 Å². The van der Waals surface area contributed by atoms with E-state index >= 15 is 0 Å². The second kappa shape index (κ2) is 10.2. The van der Waals surface area contributed by atoms with Gasteiger partial charge in [0, 0.05) is 48.2 Å². The molecule has 0 saturated carbocycles. The molecule has 2 atom stereocenters. The van der Waals surface area contributed by atoms with Crippen molar-refractivity contribution in [3.05, 3.63) is 120 Å². The third kappa shape index (κ3) is 4.72. The van der Waals surface area contributed by atoms with Crippen molar-refractivity contribution in [2.75, 3.05) is 23.3 Å². The molecular weight excluding hydrogens is 474 g/mol. The van der Waals surface area contributed by atoms with Crippen molar-refractivity contribution in [1.29, 1.82) is 0 Å². The van der Waals surface area contributed by atoms with Crippen molar-refractivity contribution in [1.82, 2.24) is 4.90 Å². The Morgan fingerprint density at radius 1 is 0.789 bits per heavy atom. The Kier molecular flexibility index (Phi) is 6.50. The average Bonchev–Trinajstić information content (AvgIpc) is 3.23. The molecule has 2 amide bonds. The summed E-state index contributed by atoms with van der Waals surface area (Å²) in [5.41, 5.74) is 5.59. The number of aliphatic hydroxyl groups excluding tert-OH is 1. The van der Waals surface area contributed by atoms with Crippen molar-refractivity contribution in [2.45, 2.75) is 25.1 Å². The molecular formula is C32H29N3O3. The number of rotatable bonds is 4. The minimum Gasteiger partial charge on any atom is -0.392 e. The molecule has 4 aromatic carbocycles. The van der Waals surface area contributed by atoms with Crippen molar-refractivity contribution >= 4 is 23.2 Å². The maximum atomic E-state index is 13.7. The van der Waals surface area contributed by atoms with Crippen LogP contribution >= 0.6 is 0 Å². The maximum absolute atomic E-state index is 13.7. The third-order valence-corrected chi connectivity index (χ3v) is 7.45. The number of amides is 2. The van der Waals surface area contributed by atoms with Gasteiger partial charge in [0.1, 0.15) is 0 Å². The number of nitrogens with zero attached hydrogens (tertiary/aromatic N) is 2. The predicted octanol–water partition coefficient (Wildman–Crippen LogP) is 5.20. The highest BCUT2D eigenvalue weighted by atomic mass is 16.3. The van der Waals surface area contributed by atoms with Gasteiger partial charge in [-0.2, -0.15) is 0 Å². The molecule has 2 heterocycles. The number of fused-ring (bicyclic) bond motifs is 2. The van der Waals surface area contributed by atoms with Gasteiger partial charge in [-0.15, -0.1) is 0 Å². The molecule has 1 saturated heterocycles. The first kappa shape index (κ1) is 24.1. The summed E-state index contributed by atoms with van der Waals surface area (Å²) in [6.45, 7) is 1.88. The normalized spacial score (nSPS) is 18.8. The highest BCUT2D eigenvalue weighted by molar-refractivity contribution is 6.09. The molecule has 0 aliphatic carbocycles. The number of anilines is 2. The summed E-state index contributed by atoms with van der Waals surface area (Å²) in [6, 6.07) is 32.5. The Morgan fingerprint density at radius 2 is 1.50 bits per heavy atom. The SMILES string of the molecule is O=C(Nc1ccc(C(=O)N2CC3CC(O)CN3Cc3ccccc32)cc1)c1ccccc1-c1ccccc1. The standard InChI is InChI=1S/C32H29N3O3/c36-27-18-26-20-35(30-13-7-4-10-24(30)19-34(26)21-27)32(38)23-14-16-25(17-15-23)33-31(37)29-12-6-5-11-28(29)22-8-2-1-3-9-22/h1-17,26-27,36H,18-21H2,(H,33,37). The lowest BCUT2D eigenvalue weighted by Crippen LogP contribution is -2.40. The van der Waals surface area contributed by atoms with Gasteiger partial charge in [0.15, 0.2) is 0 Å². The Balaban J connectivity index is 1.22. The number of carbonyl (C=O) groups excluding carboxylic acids is 2. The molecule has 4 aromatic rings. The first-order valence-electron chi connectivity index (χ1n) is 12.9. The first-order valence-corrected chi connectivity index (χ1v) is 12.9. The molecule has 2 unspecified atom stereocenters. The van der Waals surface area contributed by atoms with E-state index in [9.17, 15) is 14.7 Å². The summed E-state index contributed by atoms with van der Waals surface area (Å²) < 4.78 is 0. The summed E-state index contributed by atoms with van der Waals surface area (Å²) in [4.78, 5) is 31.0. The quantitative estimate of drug-likeness (QED) is 0.402. The van der Waals surface area contributed by atoms with E-state index in [1.54, 1.807) is 24.3 Å². The van der Waals surface area contributed by atoms with E-state index in [0.29, 0.717) is 36.3 Å². The molecule has 0 radical (unpaired) electrons. The van der Waals surface area contributed by atoms with E-state index in [1.165, 1.54) is 0 Å². The molecule has 6 heteroatoms. The van der Waals surface area contributed by atoms with Crippen LogP contribution < -0.4 is 10.2 Å². The largest absolute Gasteiger partial charge is 0.392 e. The number of para-hydroxylation sites is 1. The summed E-state index contributed by atoms with van der Waals surface area (Å²) in [5.74, 6) is -0.294. The number of nitrogens with one attached hydrogen (secondary N) is 1. The molecule has 2 N–H and O–H groups in total. The van der Waals surface area contributed by atoms with Crippen molar-refractivity contribution < 1.29 is 14.7 Å². The second-order valence-corrected chi connectivity index (χ2v) is 9.96. The zero-order valence-electron chi connectivity index (χ0n) is 21.0. The second-order valence-electron chi connectivity index (χ2n) is 9.96. The van der Waals surface area contributed by atoms with E-state index in [1.807, 2.05) is 77.7 Å². The Labute approximate surface area is 222 Å². The summed E-state index contributed by atoms with van der Waals surface area (Å²) in [5, 5.41) is 13.2. The van der Waals surface area contributed by atoms with E-state index in [4.69, 9.17) is 0 Å². The Hall–Kier alpha value is -4.26. The predicted molar refractivity (Wildman–Crippen MR) is 149 cm³/mol. The van der Waals surface area contributed by atoms with Gasteiger partial charge in [-0.1, -0.05) is 66.7 Å². The first-order chi connectivity index (χ1) is 18.6. The minimum atomic E-state index is -0.364. The van der Waals surface area contributed by atoms with E-state index in [2.05, 4.69) is 16.3 Å². The summed E-state index contributed by atoms with van der Waals surface area (Å²) >= 11 is 0. The van der Waals surface area contributed by atoms with Gasteiger partial charge in [-0.3, -0.25) is 14.5 Å². The Bertz CT molecular complexity index is 1470. The molecule has 0 spiro atoms. The van der Waals surface area contributed by atoms with Crippen LogP contribution in [0.25, 0.3) is 11.1 Å². The van der Waals surface area contributed by atoms with Crippen molar-refractivity contribution in [3.63, 3.8) is 0 Å². The van der Waals surface area contributed by atoms with Crippen LogP contribution in [-0.4, -0.2) is 47.1 Å². The zero-order chi connectivity index (χ0) is 26.1. The van der Waals surface area contributed by atoms with Crippen LogP contribution in [0.3, 0.4) is 0 Å². The average molecular weight is 504 g/mol. The number of aliphatic hydroxyl groups is 1. The molecule has 1 fully saturated rings. The van der Waals surface area contributed by atoms with E-state index < -0.39 is 0 Å². The molecule has 6 rings (SSSR count). The third-order valence-electron chi connectivity index (χ3n) is 7.45. The van der Waals surface area contributed by atoms with Gasteiger partial charge in [-0.25, -0.2) is 0 Å². The molecule has 0 aromatic heterocycles. The molecule has 190 valence electrons. The minimum absolute atomic E-state index is 0.0898. The number of carbonyl (C=O) groups is 2. The number of hydrogen-bond acceptors (Lipinski definition) is 4. The molecule has 6 nitrogen and oxygen atoms in total. The monoisotopic (exact) mass is 503 g/mol. The lowest BCUT2D eigenvalue weighted by Gasteiger charge is -2.26. The lowest BCUT2D eigenvalue weighted by molar-refractivity contribution is 0.0980. The van der Waals surface area contributed by atoms with Gasteiger partial charge in [0.05, 0.1) is 6.10 Å². The number of benzene rings is 4. The summed E-state index contributed by atoms with van der Waals surface area (Å²) in [6.07, 6.45) is 0.296. The van der Waals surface area contributed by atoms with Gasteiger partial charge in [0.25, 0.3) is 11.8 Å². The van der Waals surface area contributed by atoms with Gasteiger partial charge in [0.2, 0.25) is 0 Å². The van der Waals surface area contributed by atoms with Crippen LogP contribution in [0, 0.1) is 0 Å². The fourth-order valence-corrected chi connectivity index (χ4v) is 5.57. The van der Waals surface area contributed by atoms with Gasteiger partial charge < -0.3 is 15.3 Å². The van der Waals surface area contributed by atoms with Gasteiger partial charge in [-0.05, 0) is 59.5 Å². The molecule has 2 aliphatic rings. The molecule has 2 aliphatic heterocycles. The smallest absolute Gasteiger partial charge is 0.258 e. The number of hydrogen-bond donors (Lipinski definition) is 2. The van der Waals surface area contributed by atoms with Gasteiger partial charge >= 0.3 is 0 Å². The van der Waals surface area contributed by atoms with Crippen LogP contribution in [0.5, 0.6) is 0 Å². The Morgan fingerprint density at radius 3 is 2.32 bits per heavy atom. The van der Waals surface area contributed by atoms with Crippen LogP contribution in [0.4, 0.5) is 11.4 Å². The fraction of sp³-hybridized carbons (Fsp3) is 0.188. The fourth-order valence-electron chi connectivity index (χ4n) is 5.57. The molecule has 38 heavy (non-hydrogen) atoms. The van der Waals surface area contributed by atoms with Crippen LogP contribution in [0.1, 0.15) is 32.7 Å².